The van der Waals surface area contributed by atoms with Gasteiger partial charge in [0.15, 0.2) is 0 Å². The zero-order valence-electron chi connectivity index (χ0n) is 14.1. The third kappa shape index (κ3) is 3.34. The molecule has 26 heavy (non-hydrogen) atoms. The van der Waals surface area contributed by atoms with Crippen molar-refractivity contribution in [1.29, 1.82) is 0 Å². The van der Waals surface area contributed by atoms with E-state index in [2.05, 4.69) is 15.7 Å². The highest BCUT2D eigenvalue weighted by Crippen LogP contribution is 2.22. The van der Waals surface area contributed by atoms with E-state index in [1.165, 1.54) is 18.3 Å². The van der Waals surface area contributed by atoms with Crippen LogP contribution in [0.5, 0.6) is 0 Å². The Morgan fingerprint density at radius 3 is 2.54 bits per heavy atom. The fourth-order valence-electron chi connectivity index (χ4n) is 2.76. The van der Waals surface area contributed by atoms with E-state index in [0.717, 1.165) is 5.56 Å². The van der Waals surface area contributed by atoms with E-state index in [9.17, 15) is 19.2 Å². The summed E-state index contributed by atoms with van der Waals surface area (Å²) in [5.74, 6) is -1.40. The Labute approximate surface area is 149 Å². The van der Waals surface area contributed by atoms with Crippen LogP contribution in [0.25, 0.3) is 0 Å². The number of carbonyl (C=O) groups excluding carboxylic acids is 3. The fourth-order valence-corrected chi connectivity index (χ4v) is 2.76. The van der Waals surface area contributed by atoms with E-state index in [4.69, 9.17) is 0 Å². The molecule has 0 bridgehead atoms. The molecule has 1 aromatic carbocycles. The van der Waals surface area contributed by atoms with Gasteiger partial charge in [0, 0.05) is 6.20 Å². The molecule has 134 valence electrons. The minimum absolute atomic E-state index is 0.189. The molecule has 0 aliphatic carbocycles. The highest BCUT2D eigenvalue weighted by Gasteiger charge is 2.48. The molecule has 8 heteroatoms. The van der Waals surface area contributed by atoms with Gasteiger partial charge in [0.25, 0.3) is 17.4 Å². The van der Waals surface area contributed by atoms with Crippen LogP contribution in [0.4, 0.5) is 4.79 Å². The monoisotopic (exact) mass is 354 g/mol. The summed E-state index contributed by atoms with van der Waals surface area (Å²) in [5.41, 5.74) is 1.31. The predicted molar refractivity (Wildman–Crippen MR) is 93.1 cm³/mol. The first-order valence-electron chi connectivity index (χ1n) is 8.10. The summed E-state index contributed by atoms with van der Waals surface area (Å²) in [6.45, 7) is 1.61. The van der Waals surface area contributed by atoms with Gasteiger partial charge in [-0.1, -0.05) is 30.3 Å². The molecule has 2 aromatic rings. The van der Waals surface area contributed by atoms with Gasteiger partial charge < -0.3 is 10.3 Å². The predicted octanol–water partition coefficient (Wildman–Crippen LogP) is 0.963. The standard InChI is InChI=1S/C18H18N4O4/c1-18(10-9-12-6-3-2-4-7-12)16(25)22(17(26)20-18)21-15(24)13-8-5-11-19-14(13)23/h2-8,11H,9-10H2,1H3,(H,19,23)(H,20,26)(H,21,24)/t18-/m0/s1. The van der Waals surface area contributed by atoms with E-state index >= 15 is 0 Å². The van der Waals surface area contributed by atoms with Gasteiger partial charge in [-0.2, -0.15) is 5.01 Å². The number of pyridine rings is 1. The molecule has 1 atom stereocenters. The molecule has 1 aliphatic rings. The van der Waals surface area contributed by atoms with E-state index in [1.54, 1.807) is 6.92 Å². The molecule has 0 spiro atoms. The van der Waals surface area contributed by atoms with Crippen LogP contribution in [0.3, 0.4) is 0 Å². The second-order valence-corrected chi connectivity index (χ2v) is 6.24. The van der Waals surface area contributed by atoms with Crippen molar-refractivity contribution in [2.24, 2.45) is 0 Å². The van der Waals surface area contributed by atoms with Gasteiger partial charge in [0.2, 0.25) is 0 Å². The number of hydrogen-bond donors (Lipinski definition) is 3. The van der Waals surface area contributed by atoms with Gasteiger partial charge in [-0.25, -0.2) is 4.79 Å². The Balaban J connectivity index is 1.71. The van der Waals surface area contributed by atoms with Crippen LogP contribution in [-0.2, 0) is 11.2 Å². The maximum absolute atomic E-state index is 12.7. The molecule has 0 radical (unpaired) electrons. The lowest BCUT2D eigenvalue weighted by Gasteiger charge is -2.21. The van der Waals surface area contributed by atoms with Crippen molar-refractivity contribution in [1.82, 2.24) is 20.7 Å². The van der Waals surface area contributed by atoms with Crippen LogP contribution in [-0.4, -0.2) is 33.4 Å². The number of amides is 4. The van der Waals surface area contributed by atoms with E-state index in [-0.39, 0.29) is 5.56 Å². The highest BCUT2D eigenvalue weighted by atomic mass is 16.2. The van der Waals surface area contributed by atoms with Crippen LogP contribution in [0, 0.1) is 0 Å². The molecule has 3 N–H and O–H groups in total. The normalized spacial score (nSPS) is 19.3. The summed E-state index contributed by atoms with van der Waals surface area (Å²) in [7, 11) is 0. The van der Waals surface area contributed by atoms with Crippen molar-refractivity contribution in [3.8, 4) is 0 Å². The average Bonchev–Trinajstić information content (AvgIpc) is 2.85. The van der Waals surface area contributed by atoms with Gasteiger partial charge in [-0.3, -0.25) is 19.8 Å². The molecule has 1 saturated heterocycles. The molecule has 8 nitrogen and oxygen atoms in total. The number of hydrazine groups is 1. The number of benzene rings is 1. The van der Waals surface area contributed by atoms with Crippen molar-refractivity contribution in [3.05, 3.63) is 70.1 Å². The number of aromatic amines is 1. The largest absolute Gasteiger partial charge is 0.344 e. The Morgan fingerprint density at radius 2 is 1.85 bits per heavy atom. The quantitative estimate of drug-likeness (QED) is 0.695. The van der Waals surface area contributed by atoms with Gasteiger partial charge in [0.05, 0.1) is 0 Å². The summed E-state index contributed by atoms with van der Waals surface area (Å²) in [5, 5.41) is 3.23. The number of nitrogens with one attached hydrogen (secondary N) is 3. The minimum Gasteiger partial charge on any atom is -0.328 e. The number of nitrogens with zero attached hydrogens (tertiary/aromatic N) is 1. The number of H-pyrrole nitrogens is 1. The molecule has 2 heterocycles. The lowest BCUT2D eigenvalue weighted by atomic mass is 9.93. The van der Waals surface area contributed by atoms with Crippen molar-refractivity contribution >= 4 is 17.8 Å². The van der Waals surface area contributed by atoms with Gasteiger partial charge in [-0.15, -0.1) is 0 Å². The molecule has 0 unspecified atom stereocenters. The number of urea groups is 1. The number of aromatic nitrogens is 1. The van der Waals surface area contributed by atoms with Gasteiger partial charge in [-0.05, 0) is 37.5 Å². The van der Waals surface area contributed by atoms with E-state index in [1.807, 2.05) is 30.3 Å². The van der Waals surface area contributed by atoms with Gasteiger partial charge in [0.1, 0.15) is 11.1 Å². The van der Waals surface area contributed by atoms with Gasteiger partial charge >= 0.3 is 6.03 Å². The first-order chi connectivity index (χ1) is 12.4. The molecule has 1 aliphatic heterocycles. The van der Waals surface area contributed by atoms with Crippen molar-refractivity contribution in [2.75, 3.05) is 0 Å². The maximum Gasteiger partial charge on any atom is 0.344 e. The first kappa shape index (κ1) is 17.4. The Bertz CT molecular complexity index is 909. The smallest absolute Gasteiger partial charge is 0.328 e. The number of rotatable bonds is 5. The average molecular weight is 354 g/mol. The summed E-state index contributed by atoms with van der Waals surface area (Å²) in [4.78, 5) is 51.0. The Hall–Kier alpha value is -3.42. The SMILES string of the molecule is C[C@@]1(CCc2ccccc2)NC(=O)N(NC(=O)c2ccc[nH]c2=O)C1=O. The topological polar surface area (TPSA) is 111 Å². The van der Waals surface area contributed by atoms with E-state index in [0.29, 0.717) is 17.9 Å². The number of aryl methyl sites for hydroxylation is 1. The Morgan fingerprint density at radius 1 is 1.12 bits per heavy atom. The van der Waals surface area contributed by atoms with Crippen LogP contribution in [0.1, 0.15) is 29.3 Å². The summed E-state index contributed by atoms with van der Waals surface area (Å²) in [6, 6.07) is 11.6. The molecular formula is C18H18N4O4. The van der Waals surface area contributed by atoms with Crippen LogP contribution < -0.4 is 16.3 Å². The molecule has 0 saturated carbocycles. The lowest BCUT2D eigenvalue weighted by molar-refractivity contribution is -0.132. The van der Waals surface area contributed by atoms with Crippen molar-refractivity contribution in [3.63, 3.8) is 0 Å². The van der Waals surface area contributed by atoms with Crippen LogP contribution in [0.2, 0.25) is 0 Å². The molecule has 4 amide bonds. The highest BCUT2D eigenvalue weighted by molar-refractivity contribution is 6.09. The van der Waals surface area contributed by atoms with Crippen LogP contribution in [0.15, 0.2) is 53.5 Å². The molecule has 1 aromatic heterocycles. The Kier molecular flexibility index (Phi) is 4.57. The zero-order valence-corrected chi connectivity index (χ0v) is 14.1. The summed E-state index contributed by atoms with van der Waals surface area (Å²) in [6.07, 6.45) is 2.34. The molecule has 3 rings (SSSR count). The zero-order chi connectivity index (χ0) is 18.7. The fraction of sp³-hybridized carbons (Fsp3) is 0.222. The second kappa shape index (κ2) is 6.83. The third-order valence-electron chi connectivity index (χ3n) is 4.29. The third-order valence-corrected chi connectivity index (χ3v) is 4.29. The number of imide groups is 1. The van der Waals surface area contributed by atoms with E-state index < -0.39 is 28.9 Å². The molecule has 1 fully saturated rings. The number of hydrogen-bond acceptors (Lipinski definition) is 4. The number of carbonyl (C=O) groups is 3. The summed E-state index contributed by atoms with van der Waals surface area (Å²) >= 11 is 0. The van der Waals surface area contributed by atoms with Crippen molar-refractivity contribution < 1.29 is 14.4 Å². The van der Waals surface area contributed by atoms with Crippen LogP contribution >= 0.6 is 0 Å². The molecular weight excluding hydrogens is 336 g/mol. The minimum atomic E-state index is -1.14. The first-order valence-corrected chi connectivity index (χ1v) is 8.10. The lowest BCUT2D eigenvalue weighted by Crippen LogP contribution is -2.49. The maximum atomic E-state index is 12.7. The van der Waals surface area contributed by atoms with Crippen molar-refractivity contribution in [2.45, 2.75) is 25.3 Å². The summed E-state index contributed by atoms with van der Waals surface area (Å²) < 4.78 is 0. The second-order valence-electron chi connectivity index (χ2n) is 6.24.